The molecule has 0 atom stereocenters. The molecular formula is H3FeNaOS. The zero-order chi connectivity index (χ0) is 2.00. The second-order valence-corrected chi connectivity index (χ2v) is 0. The van der Waals surface area contributed by atoms with Crippen LogP contribution in [0.15, 0.2) is 0 Å². The Morgan fingerprint density at radius 2 is 1.25 bits per heavy atom. The van der Waals surface area contributed by atoms with Crippen molar-refractivity contribution in [3.63, 3.8) is 0 Å². The quantitative estimate of drug-likeness (QED) is 0.263. The van der Waals surface area contributed by atoms with Gasteiger partial charge in [0, 0.05) is 17.1 Å². The first-order chi connectivity index (χ1) is 1.00. The third kappa shape index (κ3) is 9.16. The van der Waals surface area contributed by atoms with E-state index in [1.807, 2.05) is 0 Å². The van der Waals surface area contributed by atoms with Crippen molar-refractivity contribution < 1.29 is 21.6 Å². The molecule has 0 aliphatic rings. The fourth-order valence-corrected chi connectivity index (χ4v) is 0. The van der Waals surface area contributed by atoms with E-state index < -0.39 is 0 Å². The number of thiol groups is 1. The summed E-state index contributed by atoms with van der Waals surface area (Å²) in [6.45, 7) is 0. The first-order valence-electron chi connectivity index (χ1n) is 0.200. The Morgan fingerprint density at radius 3 is 1.25 bits per heavy atom. The fraction of sp³-hybridized carbons (Fsp3) is 0. The monoisotopic (exact) mass is 130 g/mol. The van der Waals surface area contributed by atoms with Gasteiger partial charge in [0.25, 0.3) is 0 Å². The molecule has 0 saturated heterocycles. The minimum absolute atomic E-state index is 0. The average molecular weight is 130 g/mol. The first-order valence-corrected chi connectivity index (χ1v) is 0.600. The Labute approximate surface area is 63.5 Å². The van der Waals surface area contributed by atoms with Gasteiger partial charge in [0.2, 0.25) is 0 Å². The van der Waals surface area contributed by atoms with Crippen LogP contribution >= 0.6 is 12.9 Å². The summed E-state index contributed by atoms with van der Waals surface area (Å²) in [4.78, 5) is 0. The number of hydrogen-bond acceptors (Lipinski definition) is 2. The van der Waals surface area contributed by atoms with E-state index in [1.165, 1.54) is 0 Å². The molecule has 0 unspecified atom stereocenters. The van der Waals surface area contributed by atoms with Crippen molar-refractivity contribution in [3.8, 4) is 0 Å². The van der Waals surface area contributed by atoms with Gasteiger partial charge in [-0.25, -0.2) is 0 Å². The number of hydrogen-bond donors (Lipinski definition) is 2. The molecule has 0 fully saturated rings. The molecule has 0 amide bonds. The van der Waals surface area contributed by atoms with Crippen LogP contribution in [-0.4, -0.2) is 34.1 Å². The van der Waals surface area contributed by atoms with Gasteiger partial charge < -0.3 is 4.55 Å². The fourth-order valence-electron chi connectivity index (χ4n) is 0. The van der Waals surface area contributed by atoms with Crippen molar-refractivity contribution in [2.45, 2.75) is 0 Å². The molecule has 1 N–H and O–H groups in total. The summed E-state index contributed by atoms with van der Waals surface area (Å²) >= 11 is 2.53. The molecule has 0 saturated carbocycles. The molecule has 0 radical (unpaired) electrons. The van der Waals surface area contributed by atoms with Gasteiger partial charge >= 0.3 is 29.6 Å². The summed E-state index contributed by atoms with van der Waals surface area (Å²) in [5.74, 6) is 0. The van der Waals surface area contributed by atoms with Gasteiger partial charge in [-0.15, -0.1) is 0 Å². The number of rotatable bonds is 0. The van der Waals surface area contributed by atoms with E-state index in [4.69, 9.17) is 4.55 Å². The molecule has 0 aromatic heterocycles. The van der Waals surface area contributed by atoms with Gasteiger partial charge in [-0.1, -0.05) is 0 Å². The molecule has 0 rings (SSSR count). The van der Waals surface area contributed by atoms with Crippen molar-refractivity contribution in [3.05, 3.63) is 0 Å². The van der Waals surface area contributed by atoms with Crippen LogP contribution in [-0.2, 0) is 17.1 Å². The molecule has 0 heterocycles. The molecule has 0 aromatic rings. The Kier molecular flexibility index (Phi) is 89.8. The predicted octanol–water partition coefficient (Wildman–Crippen LogP) is -0.262. The molecule has 4 heavy (non-hydrogen) atoms. The summed E-state index contributed by atoms with van der Waals surface area (Å²) in [6, 6.07) is 0. The van der Waals surface area contributed by atoms with E-state index in [2.05, 4.69) is 12.9 Å². The second kappa shape index (κ2) is 21.2. The van der Waals surface area contributed by atoms with Crippen LogP contribution in [0.3, 0.4) is 0 Å². The van der Waals surface area contributed by atoms with Crippen LogP contribution in [0.2, 0.25) is 0 Å². The van der Waals surface area contributed by atoms with Crippen molar-refractivity contribution >= 4 is 42.5 Å². The molecule has 1 nitrogen and oxygen atoms in total. The van der Waals surface area contributed by atoms with Crippen molar-refractivity contribution in [2.75, 3.05) is 0 Å². The van der Waals surface area contributed by atoms with E-state index >= 15 is 0 Å². The summed E-state index contributed by atoms with van der Waals surface area (Å²) < 4.78 is 6.69. The van der Waals surface area contributed by atoms with Gasteiger partial charge in [-0.05, 0) is 12.9 Å². The van der Waals surface area contributed by atoms with E-state index in [0.717, 1.165) is 0 Å². The summed E-state index contributed by atoms with van der Waals surface area (Å²) in [5, 5.41) is 0. The third-order valence-corrected chi connectivity index (χ3v) is 0. The SMILES string of the molecule is OS.[Fe].[NaH]. The van der Waals surface area contributed by atoms with E-state index in [0.29, 0.717) is 0 Å². The zero-order valence-electron chi connectivity index (χ0n) is 1.25. The van der Waals surface area contributed by atoms with Crippen molar-refractivity contribution in [1.29, 1.82) is 0 Å². The maximum absolute atomic E-state index is 6.69. The molecule has 0 aliphatic carbocycles. The zero-order valence-corrected chi connectivity index (χ0v) is 3.25. The third-order valence-electron chi connectivity index (χ3n) is 0. The normalized spacial score (nSPS) is 1.50. The molecule has 24 valence electrons. The van der Waals surface area contributed by atoms with E-state index in [9.17, 15) is 0 Å². The molecular weight excluding hydrogens is 127 g/mol. The topological polar surface area (TPSA) is 20.2 Å². The Bertz CT molecular complexity index is 8.00. The first kappa shape index (κ1) is 17.0. The van der Waals surface area contributed by atoms with Crippen LogP contribution in [0.25, 0.3) is 0 Å². The van der Waals surface area contributed by atoms with Crippen molar-refractivity contribution in [2.24, 2.45) is 0 Å². The second-order valence-electron chi connectivity index (χ2n) is 0. The molecule has 4 heteroatoms. The predicted molar refractivity (Wildman–Crippen MR) is 18.8 cm³/mol. The van der Waals surface area contributed by atoms with E-state index in [1.54, 1.807) is 0 Å². The van der Waals surface area contributed by atoms with Crippen LogP contribution in [0.5, 0.6) is 0 Å². The Balaban J connectivity index is -0.00000000500. The Hall–Kier alpha value is 1.83. The summed E-state index contributed by atoms with van der Waals surface area (Å²) in [7, 11) is 0. The summed E-state index contributed by atoms with van der Waals surface area (Å²) in [6.07, 6.45) is 0. The van der Waals surface area contributed by atoms with Gasteiger partial charge in [0.1, 0.15) is 0 Å². The van der Waals surface area contributed by atoms with E-state index in [-0.39, 0.29) is 46.6 Å². The molecule has 0 bridgehead atoms. The molecule has 0 aliphatic heterocycles. The van der Waals surface area contributed by atoms with Gasteiger partial charge in [-0.2, -0.15) is 0 Å². The standard InChI is InChI=1S/Fe.Na.H2OS.H/c;;1-2;/h;;1-2H;. The minimum atomic E-state index is 0. The van der Waals surface area contributed by atoms with Gasteiger partial charge in [0.05, 0.1) is 0 Å². The summed E-state index contributed by atoms with van der Waals surface area (Å²) in [5.41, 5.74) is 0. The van der Waals surface area contributed by atoms with Gasteiger partial charge in [-0.3, -0.25) is 0 Å². The van der Waals surface area contributed by atoms with Gasteiger partial charge in [0.15, 0.2) is 0 Å². The van der Waals surface area contributed by atoms with Crippen LogP contribution in [0, 0.1) is 0 Å². The van der Waals surface area contributed by atoms with Crippen LogP contribution in [0.4, 0.5) is 0 Å². The molecule has 0 aromatic carbocycles. The average Bonchev–Trinajstić information content (AvgIpc) is 1.00. The van der Waals surface area contributed by atoms with Crippen LogP contribution in [0.1, 0.15) is 0 Å². The Morgan fingerprint density at radius 1 is 1.25 bits per heavy atom. The molecule has 0 spiro atoms. The maximum atomic E-state index is 6.69. The van der Waals surface area contributed by atoms with Crippen molar-refractivity contribution in [1.82, 2.24) is 0 Å². The van der Waals surface area contributed by atoms with Crippen LogP contribution < -0.4 is 0 Å².